The van der Waals surface area contributed by atoms with Crippen molar-refractivity contribution in [3.05, 3.63) is 42.5 Å². The minimum absolute atomic E-state index is 0.164. The predicted molar refractivity (Wildman–Crippen MR) is 71.7 cm³/mol. The van der Waals surface area contributed by atoms with Crippen LogP contribution in [0.5, 0.6) is 0 Å². The van der Waals surface area contributed by atoms with Crippen LogP contribution < -0.4 is 5.32 Å². The molecule has 1 aromatic carbocycles. The number of benzene rings is 1. The van der Waals surface area contributed by atoms with Gasteiger partial charge in [0.15, 0.2) is 6.39 Å². The molecule has 0 atom stereocenters. The van der Waals surface area contributed by atoms with Crippen LogP contribution in [0.3, 0.4) is 0 Å². The molecule has 1 amide bonds. The molecule has 0 aliphatic heterocycles. The standard InChI is InChI=1S/C15H16N2O2/c18-15(17-12-8-4-5-9-12)14-13(16-10-19-14)11-6-2-1-3-7-11/h1-3,6-7,10,12H,4-5,8-9H2,(H,17,18). The Balaban J connectivity index is 1.81. The highest BCUT2D eigenvalue weighted by molar-refractivity contribution is 5.97. The average molecular weight is 256 g/mol. The minimum atomic E-state index is -0.164. The van der Waals surface area contributed by atoms with E-state index in [9.17, 15) is 4.79 Å². The van der Waals surface area contributed by atoms with E-state index >= 15 is 0 Å². The van der Waals surface area contributed by atoms with E-state index in [1.54, 1.807) is 0 Å². The maximum absolute atomic E-state index is 12.2. The molecule has 98 valence electrons. The zero-order valence-corrected chi connectivity index (χ0v) is 10.6. The van der Waals surface area contributed by atoms with Gasteiger partial charge in [-0.05, 0) is 12.8 Å². The summed E-state index contributed by atoms with van der Waals surface area (Å²) in [4.78, 5) is 16.4. The number of aromatic nitrogens is 1. The molecule has 0 unspecified atom stereocenters. The van der Waals surface area contributed by atoms with E-state index in [1.165, 1.54) is 19.2 Å². The highest BCUT2D eigenvalue weighted by Crippen LogP contribution is 2.23. The normalized spacial score (nSPS) is 15.6. The summed E-state index contributed by atoms with van der Waals surface area (Å²) in [7, 11) is 0. The van der Waals surface area contributed by atoms with Crippen LogP contribution in [-0.2, 0) is 0 Å². The Bertz CT molecular complexity index is 557. The van der Waals surface area contributed by atoms with Gasteiger partial charge in [0.1, 0.15) is 5.69 Å². The zero-order valence-electron chi connectivity index (χ0n) is 10.6. The second-order valence-corrected chi connectivity index (χ2v) is 4.85. The van der Waals surface area contributed by atoms with E-state index in [0.29, 0.717) is 11.5 Å². The van der Waals surface area contributed by atoms with Crippen molar-refractivity contribution in [2.75, 3.05) is 0 Å². The molecule has 0 radical (unpaired) electrons. The fraction of sp³-hybridized carbons (Fsp3) is 0.333. The largest absolute Gasteiger partial charge is 0.438 e. The molecule has 0 spiro atoms. The first-order valence-corrected chi connectivity index (χ1v) is 6.64. The molecule has 1 fully saturated rings. The fourth-order valence-electron chi connectivity index (χ4n) is 2.53. The summed E-state index contributed by atoms with van der Waals surface area (Å²) < 4.78 is 5.27. The molecule has 1 N–H and O–H groups in total. The van der Waals surface area contributed by atoms with Crippen LogP contribution in [0, 0.1) is 0 Å². The van der Waals surface area contributed by atoms with Crippen LogP contribution in [0.4, 0.5) is 0 Å². The Morgan fingerprint density at radius 2 is 1.95 bits per heavy atom. The first-order valence-electron chi connectivity index (χ1n) is 6.64. The lowest BCUT2D eigenvalue weighted by molar-refractivity contribution is 0.0911. The zero-order chi connectivity index (χ0) is 13.1. The molecule has 1 aliphatic rings. The van der Waals surface area contributed by atoms with Crippen molar-refractivity contribution < 1.29 is 9.21 Å². The summed E-state index contributed by atoms with van der Waals surface area (Å²) in [6.07, 6.45) is 5.81. The highest BCUT2D eigenvalue weighted by Gasteiger charge is 2.23. The van der Waals surface area contributed by atoms with Crippen molar-refractivity contribution in [2.24, 2.45) is 0 Å². The van der Waals surface area contributed by atoms with Crippen molar-refractivity contribution in [1.82, 2.24) is 10.3 Å². The highest BCUT2D eigenvalue weighted by atomic mass is 16.3. The van der Waals surface area contributed by atoms with Gasteiger partial charge in [0, 0.05) is 11.6 Å². The van der Waals surface area contributed by atoms with Gasteiger partial charge in [-0.3, -0.25) is 4.79 Å². The van der Waals surface area contributed by atoms with Gasteiger partial charge in [-0.25, -0.2) is 4.98 Å². The van der Waals surface area contributed by atoms with E-state index in [-0.39, 0.29) is 11.9 Å². The monoisotopic (exact) mass is 256 g/mol. The lowest BCUT2D eigenvalue weighted by Gasteiger charge is -2.10. The number of nitrogens with one attached hydrogen (secondary N) is 1. The van der Waals surface area contributed by atoms with Crippen molar-refractivity contribution in [3.8, 4) is 11.3 Å². The number of amides is 1. The first kappa shape index (κ1) is 12.0. The van der Waals surface area contributed by atoms with Gasteiger partial charge in [-0.15, -0.1) is 0 Å². The Morgan fingerprint density at radius 1 is 1.21 bits per heavy atom. The number of hydrogen-bond acceptors (Lipinski definition) is 3. The lowest BCUT2D eigenvalue weighted by Crippen LogP contribution is -2.32. The van der Waals surface area contributed by atoms with Crippen LogP contribution in [0.1, 0.15) is 36.2 Å². The summed E-state index contributed by atoms with van der Waals surface area (Å²) >= 11 is 0. The first-order chi connectivity index (χ1) is 9.34. The molecule has 1 aromatic heterocycles. The Labute approximate surface area is 111 Å². The molecule has 1 heterocycles. The van der Waals surface area contributed by atoms with Crippen molar-refractivity contribution in [1.29, 1.82) is 0 Å². The molecule has 1 aliphatic carbocycles. The van der Waals surface area contributed by atoms with Crippen molar-refractivity contribution in [3.63, 3.8) is 0 Å². The molecule has 19 heavy (non-hydrogen) atoms. The van der Waals surface area contributed by atoms with E-state index in [1.807, 2.05) is 30.3 Å². The quantitative estimate of drug-likeness (QED) is 0.918. The molecule has 0 saturated heterocycles. The number of nitrogens with zero attached hydrogens (tertiary/aromatic N) is 1. The van der Waals surface area contributed by atoms with Crippen LogP contribution in [0.15, 0.2) is 41.1 Å². The molecular formula is C15H16N2O2. The van der Waals surface area contributed by atoms with Crippen molar-refractivity contribution in [2.45, 2.75) is 31.7 Å². The molecule has 4 nitrogen and oxygen atoms in total. The summed E-state index contributed by atoms with van der Waals surface area (Å²) in [5.74, 6) is 0.140. The lowest BCUT2D eigenvalue weighted by atomic mass is 10.1. The number of hydrogen-bond donors (Lipinski definition) is 1. The molecular weight excluding hydrogens is 240 g/mol. The number of rotatable bonds is 3. The summed E-state index contributed by atoms with van der Waals surface area (Å²) in [6.45, 7) is 0. The predicted octanol–water partition coefficient (Wildman–Crippen LogP) is 3.01. The van der Waals surface area contributed by atoms with Gasteiger partial charge in [0.25, 0.3) is 5.91 Å². The SMILES string of the molecule is O=C(NC1CCCC1)c1ocnc1-c1ccccc1. The third kappa shape index (κ3) is 2.52. The van der Waals surface area contributed by atoms with E-state index in [2.05, 4.69) is 10.3 Å². The number of carbonyl (C=O) groups excluding carboxylic acids is 1. The summed E-state index contributed by atoms with van der Waals surface area (Å²) in [5.41, 5.74) is 1.50. The second-order valence-electron chi connectivity index (χ2n) is 4.85. The fourth-order valence-corrected chi connectivity index (χ4v) is 2.53. The summed E-state index contributed by atoms with van der Waals surface area (Å²) in [5, 5.41) is 3.02. The van der Waals surface area contributed by atoms with Crippen LogP contribution in [0.25, 0.3) is 11.3 Å². The van der Waals surface area contributed by atoms with Crippen LogP contribution >= 0.6 is 0 Å². The number of oxazole rings is 1. The van der Waals surface area contributed by atoms with E-state index in [0.717, 1.165) is 18.4 Å². The van der Waals surface area contributed by atoms with E-state index in [4.69, 9.17) is 4.42 Å². The topological polar surface area (TPSA) is 55.1 Å². The summed E-state index contributed by atoms with van der Waals surface area (Å²) in [6, 6.07) is 9.89. The Kier molecular flexibility index (Phi) is 3.31. The van der Waals surface area contributed by atoms with Gasteiger partial charge in [-0.1, -0.05) is 43.2 Å². The average Bonchev–Trinajstić information content (AvgIpc) is 3.10. The van der Waals surface area contributed by atoms with Gasteiger partial charge in [0.05, 0.1) is 0 Å². The van der Waals surface area contributed by atoms with Crippen molar-refractivity contribution >= 4 is 5.91 Å². The van der Waals surface area contributed by atoms with Crippen LogP contribution in [-0.4, -0.2) is 16.9 Å². The number of carbonyl (C=O) groups is 1. The van der Waals surface area contributed by atoms with E-state index < -0.39 is 0 Å². The Hall–Kier alpha value is -2.10. The molecule has 0 bridgehead atoms. The molecule has 2 aromatic rings. The smallest absolute Gasteiger partial charge is 0.289 e. The molecule has 4 heteroatoms. The molecule has 1 saturated carbocycles. The van der Waals surface area contributed by atoms with Crippen LogP contribution in [0.2, 0.25) is 0 Å². The maximum atomic E-state index is 12.2. The molecule has 3 rings (SSSR count). The van der Waals surface area contributed by atoms with Gasteiger partial charge in [0.2, 0.25) is 5.76 Å². The third-order valence-electron chi connectivity index (χ3n) is 3.51. The minimum Gasteiger partial charge on any atom is -0.438 e. The van der Waals surface area contributed by atoms with Gasteiger partial charge >= 0.3 is 0 Å². The van der Waals surface area contributed by atoms with Gasteiger partial charge < -0.3 is 9.73 Å². The third-order valence-corrected chi connectivity index (χ3v) is 3.51. The Morgan fingerprint density at radius 3 is 2.68 bits per heavy atom. The second kappa shape index (κ2) is 5.26. The maximum Gasteiger partial charge on any atom is 0.289 e. The van der Waals surface area contributed by atoms with Gasteiger partial charge in [-0.2, -0.15) is 0 Å².